The van der Waals surface area contributed by atoms with E-state index in [1.165, 1.54) is 59.0 Å². The zero-order chi connectivity index (χ0) is 50.6. The predicted molar refractivity (Wildman–Crippen MR) is 263 cm³/mol. The van der Waals surface area contributed by atoms with Crippen LogP contribution in [-0.2, 0) is 30.8 Å². The van der Waals surface area contributed by atoms with Gasteiger partial charge in [-0.15, -0.1) is 23.1 Å². The third-order valence-electron chi connectivity index (χ3n) is 11.3. The van der Waals surface area contributed by atoms with Crippen LogP contribution in [0.3, 0.4) is 0 Å². The van der Waals surface area contributed by atoms with E-state index in [-0.39, 0.29) is 83.5 Å². The third kappa shape index (κ3) is 11.3. The van der Waals surface area contributed by atoms with Gasteiger partial charge < -0.3 is 33.7 Å². The molecule has 1 aliphatic heterocycles. The highest BCUT2D eigenvalue weighted by molar-refractivity contribution is 7.98. The molecule has 7 rings (SSSR count). The molecule has 1 fully saturated rings. The van der Waals surface area contributed by atoms with Crippen LogP contribution in [0.1, 0.15) is 98.3 Å². The molecule has 5 heterocycles. The molecule has 0 saturated carbocycles. The number of halogens is 1. The lowest BCUT2D eigenvalue weighted by Crippen LogP contribution is -2.50. The van der Waals surface area contributed by atoms with Crippen molar-refractivity contribution in [2.45, 2.75) is 91.4 Å². The first-order valence-corrected chi connectivity index (χ1v) is 24.7. The van der Waals surface area contributed by atoms with Crippen LogP contribution in [0.5, 0.6) is 5.75 Å². The lowest BCUT2D eigenvalue weighted by molar-refractivity contribution is 0.0141. The summed E-state index contributed by atoms with van der Waals surface area (Å²) in [4.78, 5) is 83.5. The highest BCUT2D eigenvalue weighted by Crippen LogP contribution is 2.34. The Hall–Kier alpha value is -6.85. The molecule has 0 radical (unpaired) electrons. The van der Waals surface area contributed by atoms with E-state index in [4.69, 9.17) is 14.5 Å². The van der Waals surface area contributed by atoms with Gasteiger partial charge >= 0.3 is 18.0 Å². The minimum atomic E-state index is -1.20. The molecule has 0 bridgehead atoms. The average Bonchev–Trinajstić information content (AvgIpc) is 4.06. The Morgan fingerprint density at radius 2 is 1.46 bits per heavy atom. The highest BCUT2D eigenvalue weighted by Gasteiger charge is 2.28. The molecule has 70 heavy (non-hydrogen) atoms. The second kappa shape index (κ2) is 21.4. The van der Waals surface area contributed by atoms with Crippen molar-refractivity contribution in [3.8, 4) is 5.75 Å². The Kier molecular flexibility index (Phi) is 15.6. The number of ether oxygens (including phenoxy) is 2. The number of carbonyl (C=O) groups excluding carboxylic acids is 3. The summed E-state index contributed by atoms with van der Waals surface area (Å²) < 4.78 is 31.8. The fourth-order valence-electron chi connectivity index (χ4n) is 8.04. The number of thioether (sulfide) groups is 1. The SMILES string of the molecule is CCc1nc(C)sc1C(=O)Nc1nc2cc(C(=O)O)cc(OCCCN3CCN(C(=O)OC(C)(C)C)CC3)c2n1C/C=C/Cn1c(NC(=O)c2c(F)c(C)nn2CC)nc2cc(C(=O)O)cc(SC)c21. The molecule has 3 amide bonds. The number of fused-ring (bicyclic) bond motifs is 2. The van der Waals surface area contributed by atoms with Gasteiger partial charge in [0.1, 0.15) is 21.7 Å². The Morgan fingerprint density at radius 3 is 2.04 bits per heavy atom. The number of carboxylic acids is 2. The zero-order valence-corrected chi connectivity index (χ0v) is 41.8. The van der Waals surface area contributed by atoms with E-state index in [0.29, 0.717) is 77.1 Å². The summed E-state index contributed by atoms with van der Waals surface area (Å²) in [6.07, 6.45) is 6.09. The number of rotatable bonds is 18. The minimum Gasteiger partial charge on any atom is -0.491 e. The van der Waals surface area contributed by atoms with Crippen LogP contribution >= 0.6 is 23.1 Å². The molecular formula is C47H56FN11O9S2. The Balaban J connectivity index is 1.20. The first kappa shape index (κ1) is 51.0. The van der Waals surface area contributed by atoms with E-state index in [1.54, 1.807) is 39.4 Å². The molecule has 4 N–H and O–H groups in total. The van der Waals surface area contributed by atoms with E-state index >= 15 is 4.39 Å². The van der Waals surface area contributed by atoms with Crippen LogP contribution in [-0.4, -0.2) is 135 Å². The van der Waals surface area contributed by atoms with Gasteiger partial charge in [0.2, 0.25) is 11.9 Å². The molecule has 1 aliphatic rings. The maximum absolute atomic E-state index is 15.3. The van der Waals surface area contributed by atoms with Gasteiger partial charge in [-0.05, 0) is 84.9 Å². The van der Waals surface area contributed by atoms with Gasteiger partial charge in [0.05, 0.1) is 50.7 Å². The fraction of sp³-hybridized carbons (Fsp3) is 0.426. The van der Waals surface area contributed by atoms with Crippen LogP contribution in [0.2, 0.25) is 0 Å². The summed E-state index contributed by atoms with van der Waals surface area (Å²) in [5.74, 6) is -4.01. The average molecular weight is 1000 g/mol. The van der Waals surface area contributed by atoms with Crippen molar-refractivity contribution in [1.29, 1.82) is 0 Å². The Morgan fingerprint density at radius 1 is 0.857 bits per heavy atom. The Labute approximate surface area is 410 Å². The molecule has 23 heteroatoms. The number of amides is 3. The number of thiazole rings is 1. The quantitative estimate of drug-likeness (QED) is 0.0369. The van der Waals surface area contributed by atoms with Gasteiger partial charge in [-0.2, -0.15) is 5.10 Å². The Bertz CT molecular complexity index is 3010. The topological polar surface area (TPSA) is 241 Å². The number of nitrogens with one attached hydrogen (secondary N) is 2. The van der Waals surface area contributed by atoms with E-state index < -0.39 is 35.2 Å². The molecule has 1 saturated heterocycles. The van der Waals surface area contributed by atoms with Crippen molar-refractivity contribution in [3.63, 3.8) is 0 Å². The monoisotopic (exact) mass is 1000 g/mol. The molecule has 20 nitrogen and oxygen atoms in total. The van der Waals surface area contributed by atoms with Crippen LogP contribution in [0.25, 0.3) is 22.1 Å². The molecule has 0 atom stereocenters. The fourth-order valence-corrected chi connectivity index (χ4v) is 9.60. The number of aromatic nitrogens is 7. The lowest BCUT2D eigenvalue weighted by atomic mass is 10.2. The number of benzene rings is 2. The number of anilines is 2. The number of nitrogens with zero attached hydrogens (tertiary/aromatic N) is 9. The lowest BCUT2D eigenvalue weighted by Gasteiger charge is -2.35. The highest BCUT2D eigenvalue weighted by atomic mass is 32.2. The summed E-state index contributed by atoms with van der Waals surface area (Å²) in [6, 6.07) is 5.75. The normalized spacial score (nSPS) is 13.4. The van der Waals surface area contributed by atoms with Gasteiger partial charge in [0, 0.05) is 57.3 Å². The van der Waals surface area contributed by atoms with E-state index in [9.17, 15) is 34.2 Å². The van der Waals surface area contributed by atoms with E-state index in [0.717, 1.165) is 0 Å². The smallest absolute Gasteiger partial charge is 0.410 e. The van der Waals surface area contributed by atoms with Crippen LogP contribution in [0.15, 0.2) is 41.3 Å². The van der Waals surface area contributed by atoms with Crippen molar-refractivity contribution in [2.75, 3.05) is 56.2 Å². The molecule has 6 aromatic rings. The number of carboxylic acid groups (broad SMARTS) is 2. The molecule has 2 aromatic carbocycles. The molecule has 0 spiro atoms. The summed E-state index contributed by atoms with van der Waals surface area (Å²) in [6.45, 7) is 16.0. The maximum Gasteiger partial charge on any atom is 0.410 e. The van der Waals surface area contributed by atoms with Crippen molar-refractivity contribution in [3.05, 3.63) is 80.3 Å². The van der Waals surface area contributed by atoms with Crippen molar-refractivity contribution >= 4 is 86.9 Å². The van der Waals surface area contributed by atoms with Gasteiger partial charge in [-0.3, -0.25) is 29.8 Å². The molecule has 372 valence electrons. The second-order valence-corrected chi connectivity index (χ2v) is 19.5. The largest absolute Gasteiger partial charge is 0.491 e. The van der Waals surface area contributed by atoms with Crippen molar-refractivity contribution in [1.82, 2.24) is 43.7 Å². The molecule has 0 aliphatic carbocycles. The summed E-state index contributed by atoms with van der Waals surface area (Å²) in [5, 5.41) is 30.6. The van der Waals surface area contributed by atoms with Crippen LogP contribution in [0.4, 0.5) is 21.1 Å². The second-order valence-electron chi connectivity index (χ2n) is 17.4. The van der Waals surface area contributed by atoms with Gasteiger partial charge in [-0.25, -0.2) is 33.7 Å². The van der Waals surface area contributed by atoms with Gasteiger partial charge in [0.15, 0.2) is 11.5 Å². The number of imidazole rings is 2. The number of aromatic carboxylic acids is 2. The maximum atomic E-state index is 15.3. The number of piperazine rings is 1. The van der Waals surface area contributed by atoms with Crippen LogP contribution in [0, 0.1) is 19.7 Å². The minimum absolute atomic E-state index is 0.0102. The molecule has 4 aromatic heterocycles. The van der Waals surface area contributed by atoms with Gasteiger partial charge in [-0.1, -0.05) is 19.1 Å². The van der Waals surface area contributed by atoms with Crippen molar-refractivity contribution < 1.29 is 48.0 Å². The predicted octanol–water partition coefficient (Wildman–Crippen LogP) is 7.58. The summed E-state index contributed by atoms with van der Waals surface area (Å²) in [7, 11) is 0. The number of aryl methyl sites for hydroxylation is 4. The number of allylic oxidation sites excluding steroid dienone is 2. The van der Waals surface area contributed by atoms with Crippen LogP contribution < -0.4 is 15.4 Å². The molecular weight excluding hydrogens is 946 g/mol. The summed E-state index contributed by atoms with van der Waals surface area (Å²) in [5.41, 5.74) is 1.20. The summed E-state index contributed by atoms with van der Waals surface area (Å²) >= 11 is 2.53. The molecule has 0 unspecified atom stereocenters. The first-order chi connectivity index (χ1) is 33.3. The van der Waals surface area contributed by atoms with E-state index in [1.807, 2.05) is 34.6 Å². The third-order valence-corrected chi connectivity index (χ3v) is 13.1. The van der Waals surface area contributed by atoms with Gasteiger partial charge in [0.25, 0.3) is 11.8 Å². The van der Waals surface area contributed by atoms with E-state index in [2.05, 4.69) is 30.6 Å². The zero-order valence-electron chi connectivity index (χ0n) is 40.2. The number of hydrogen-bond acceptors (Lipinski definition) is 14. The number of hydrogen-bond donors (Lipinski definition) is 4. The van der Waals surface area contributed by atoms with Crippen molar-refractivity contribution in [2.24, 2.45) is 0 Å². The first-order valence-electron chi connectivity index (χ1n) is 22.7. The standard InChI is InChI=1S/C47H56FN11O9S2/c1-9-30-39(70-27(4)49-30)41(61)53-45-50-31-22-28(42(62)63)24-33(67-21-13-14-55-17-19-56(20-18-55)46(66)68-47(5,6)7)36(31)57(45)15-11-12-16-58-37-32(23-29(43(64)65)25-34(37)69-8)51-44(58)52-40(60)38-35(48)26(3)54-59(38)10-2/h11-12,22-25H,9-10,13-21H2,1-8H3,(H,62,63)(H,64,65)(H,50,53,61)(H,51,52,60)/b12-11+. The number of carbonyl (C=O) groups is 5.